The van der Waals surface area contributed by atoms with Crippen molar-refractivity contribution < 1.29 is 4.42 Å². The van der Waals surface area contributed by atoms with Crippen LogP contribution in [0.5, 0.6) is 0 Å². The van der Waals surface area contributed by atoms with E-state index in [-0.39, 0.29) is 5.63 Å². The molecule has 0 saturated carbocycles. The lowest BCUT2D eigenvalue weighted by Gasteiger charge is -2.08. The number of aromatic nitrogens is 4. The van der Waals surface area contributed by atoms with E-state index in [1.165, 1.54) is 11.8 Å². The van der Waals surface area contributed by atoms with Gasteiger partial charge in [0, 0.05) is 17.2 Å². The van der Waals surface area contributed by atoms with Gasteiger partial charge in [0.15, 0.2) is 0 Å². The minimum Gasteiger partial charge on any atom is -0.423 e. The van der Waals surface area contributed by atoms with Gasteiger partial charge in [0.25, 0.3) is 0 Å². The van der Waals surface area contributed by atoms with Crippen molar-refractivity contribution >= 4 is 22.7 Å². The zero-order valence-corrected chi connectivity index (χ0v) is 15.2. The standard InChI is InChI=1S/C19H16N4O2S/c1-12-8-16-14(10-18(24)25-17(16)9-13(12)2)11-26-19-20-21-22-23(19)15-6-4-3-5-7-15/h3-10H,11H2,1-2H3. The maximum Gasteiger partial charge on any atom is 0.336 e. The SMILES string of the molecule is Cc1cc2oc(=O)cc(CSc3nnnn3-c3ccccc3)c2cc1C. The molecule has 0 amide bonds. The first kappa shape index (κ1) is 16.5. The second-order valence-electron chi connectivity index (χ2n) is 6.02. The highest BCUT2D eigenvalue weighted by atomic mass is 32.2. The molecule has 0 spiro atoms. The van der Waals surface area contributed by atoms with Crippen molar-refractivity contribution in [1.82, 2.24) is 20.2 Å². The normalized spacial score (nSPS) is 11.2. The van der Waals surface area contributed by atoms with Crippen molar-refractivity contribution in [3.05, 3.63) is 75.6 Å². The molecule has 0 atom stereocenters. The molecular formula is C19H16N4O2S. The van der Waals surface area contributed by atoms with Gasteiger partial charge in [0.1, 0.15) is 5.58 Å². The lowest BCUT2D eigenvalue weighted by atomic mass is 10.0. The zero-order chi connectivity index (χ0) is 18.1. The summed E-state index contributed by atoms with van der Waals surface area (Å²) in [6.45, 7) is 4.05. The number of nitrogens with zero attached hydrogens (tertiary/aromatic N) is 4. The van der Waals surface area contributed by atoms with Gasteiger partial charge in [-0.2, -0.15) is 4.68 Å². The van der Waals surface area contributed by atoms with Crippen LogP contribution in [0.1, 0.15) is 16.7 Å². The first-order valence-corrected chi connectivity index (χ1v) is 9.11. The minimum atomic E-state index is -0.348. The van der Waals surface area contributed by atoms with Gasteiger partial charge in [0.05, 0.1) is 5.69 Å². The summed E-state index contributed by atoms with van der Waals surface area (Å²) in [5.41, 5.74) is 4.32. The number of aryl methyl sites for hydroxylation is 2. The van der Waals surface area contributed by atoms with Gasteiger partial charge >= 0.3 is 5.63 Å². The van der Waals surface area contributed by atoms with Gasteiger partial charge in [-0.25, -0.2) is 4.79 Å². The van der Waals surface area contributed by atoms with Crippen LogP contribution in [0.25, 0.3) is 16.7 Å². The smallest absolute Gasteiger partial charge is 0.336 e. The Morgan fingerprint density at radius 3 is 2.65 bits per heavy atom. The van der Waals surface area contributed by atoms with Gasteiger partial charge in [-0.15, -0.1) is 5.10 Å². The van der Waals surface area contributed by atoms with Crippen molar-refractivity contribution in [2.45, 2.75) is 24.8 Å². The molecule has 6 nitrogen and oxygen atoms in total. The third-order valence-corrected chi connectivity index (χ3v) is 5.21. The Kier molecular flexibility index (Phi) is 4.30. The van der Waals surface area contributed by atoms with Crippen LogP contribution < -0.4 is 5.63 Å². The number of benzene rings is 2. The number of hydrogen-bond acceptors (Lipinski definition) is 6. The monoisotopic (exact) mass is 364 g/mol. The number of hydrogen-bond donors (Lipinski definition) is 0. The Labute approximate surface area is 153 Å². The molecule has 0 unspecified atom stereocenters. The molecule has 0 aliphatic rings. The van der Waals surface area contributed by atoms with E-state index in [0.717, 1.165) is 27.8 Å². The number of thioether (sulfide) groups is 1. The number of rotatable bonds is 4. The third-order valence-electron chi connectivity index (χ3n) is 4.24. The summed E-state index contributed by atoms with van der Waals surface area (Å²) in [6, 6.07) is 15.2. The fraction of sp³-hybridized carbons (Fsp3) is 0.158. The number of tetrazole rings is 1. The highest BCUT2D eigenvalue weighted by Gasteiger charge is 2.12. The molecule has 0 saturated heterocycles. The lowest BCUT2D eigenvalue weighted by molar-refractivity contribution is 0.559. The van der Waals surface area contributed by atoms with Gasteiger partial charge < -0.3 is 4.42 Å². The van der Waals surface area contributed by atoms with Crippen LogP contribution in [0.2, 0.25) is 0 Å². The average Bonchev–Trinajstić information content (AvgIpc) is 3.10. The summed E-state index contributed by atoms with van der Waals surface area (Å²) in [5.74, 6) is 0.567. The number of fused-ring (bicyclic) bond motifs is 1. The molecule has 4 aromatic rings. The van der Waals surface area contributed by atoms with Crippen LogP contribution in [-0.2, 0) is 5.75 Å². The Hall–Kier alpha value is -2.93. The summed E-state index contributed by atoms with van der Waals surface area (Å²) in [6.07, 6.45) is 0. The maximum atomic E-state index is 11.9. The molecule has 0 aliphatic heterocycles. The molecule has 0 fully saturated rings. The maximum absolute atomic E-state index is 11.9. The molecule has 2 aromatic heterocycles. The lowest BCUT2D eigenvalue weighted by Crippen LogP contribution is -2.02. The predicted molar refractivity (Wildman–Crippen MR) is 101 cm³/mol. The molecule has 4 rings (SSSR count). The van der Waals surface area contributed by atoms with Crippen molar-refractivity contribution in [2.24, 2.45) is 0 Å². The summed E-state index contributed by atoms with van der Waals surface area (Å²) in [7, 11) is 0. The summed E-state index contributed by atoms with van der Waals surface area (Å²) >= 11 is 1.48. The molecule has 2 aromatic carbocycles. The molecule has 26 heavy (non-hydrogen) atoms. The summed E-state index contributed by atoms with van der Waals surface area (Å²) in [5, 5.41) is 13.6. The number of para-hydroxylation sites is 1. The van der Waals surface area contributed by atoms with Crippen LogP contribution in [0.3, 0.4) is 0 Å². The van der Waals surface area contributed by atoms with Crippen LogP contribution in [-0.4, -0.2) is 20.2 Å². The fourth-order valence-corrected chi connectivity index (χ4v) is 3.63. The van der Waals surface area contributed by atoms with Gasteiger partial charge in [-0.1, -0.05) is 30.0 Å². The van der Waals surface area contributed by atoms with E-state index < -0.39 is 0 Å². The van der Waals surface area contributed by atoms with Gasteiger partial charge in [-0.3, -0.25) is 0 Å². The van der Waals surface area contributed by atoms with E-state index >= 15 is 0 Å². The molecular weight excluding hydrogens is 348 g/mol. The molecule has 7 heteroatoms. The molecule has 0 N–H and O–H groups in total. The average molecular weight is 364 g/mol. The molecule has 0 bridgehead atoms. The highest BCUT2D eigenvalue weighted by Crippen LogP contribution is 2.27. The summed E-state index contributed by atoms with van der Waals surface area (Å²) in [4.78, 5) is 11.9. The third kappa shape index (κ3) is 3.13. The highest BCUT2D eigenvalue weighted by molar-refractivity contribution is 7.98. The summed E-state index contributed by atoms with van der Waals surface area (Å²) < 4.78 is 7.05. The Morgan fingerprint density at radius 2 is 1.85 bits per heavy atom. The fourth-order valence-electron chi connectivity index (χ4n) is 2.74. The molecule has 0 aliphatic carbocycles. The Balaban J connectivity index is 1.69. The van der Waals surface area contributed by atoms with Crippen LogP contribution in [0.15, 0.2) is 62.9 Å². The first-order chi connectivity index (χ1) is 12.6. The Bertz CT molecular complexity index is 1140. The van der Waals surface area contributed by atoms with Crippen LogP contribution in [0.4, 0.5) is 0 Å². The topological polar surface area (TPSA) is 73.8 Å². The van der Waals surface area contributed by atoms with Crippen LogP contribution in [0, 0.1) is 13.8 Å². The van der Waals surface area contributed by atoms with Crippen molar-refractivity contribution in [3.63, 3.8) is 0 Å². The zero-order valence-electron chi connectivity index (χ0n) is 14.3. The molecule has 130 valence electrons. The van der Waals surface area contributed by atoms with E-state index in [2.05, 4.69) is 21.6 Å². The van der Waals surface area contributed by atoms with Crippen molar-refractivity contribution in [3.8, 4) is 5.69 Å². The minimum absolute atomic E-state index is 0.348. The van der Waals surface area contributed by atoms with E-state index in [4.69, 9.17) is 4.42 Å². The van der Waals surface area contributed by atoms with E-state index in [0.29, 0.717) is 16.5 Å². The second kappa shape index (κ2) is 6.76. The van der Waals surface area contributed by atoms with E-state index in [1.807, 2.05) is 50.2 Å². The second-order valence-corrected chi connectivity index (χ2v) is 6.96. The van der Waals surface area contributed by atoms with Gasteiger partial charge in [0.2, 0.25) is 5.16 Å². The van der Waals surface area contributed by atoms with Crippen molar-refractivity contribution in [2.75, 3.05) is 0 Å². The van der Waals surface area contributed by atoms with Gasteiger partial charge in [-0.05, 0) is 65.2 Å². The van der Waals surface area contributed by atoms with Crippen molar-refractivity contribution in [1.29, 1.82) is 0 Å². The molecule has 2 heterocycles. The first-order valence-electron chi connectivity index (χ1n) is 8.12. The van der Waals surface area contributed by atoms with Crippen LogP contribution >= 0.6 is 11.8 Å². The quantitative estimate of drug-likeness (QED) is 0.406. The largest absolute Gasteiger partial charge is 0.423 e. The van der Waals surface area contributed by atoms with E-state index in [9.17, 15) is 4.79 Å². The predicted octanol–water partition coefficient (Wildman–Crippen LogP) is 3.68. The Morgan fingerprint density at radius 1 is 1.08 bits per heavy atom. The van der Waals surface area contributed by atoms with E-state index in [1.54, 1.807) is 10.7 Å². The molecule has 0 radical (unpaired) electrons.